The van der Waals surface area contributed by atoms with Gasteiger partial charge in [0.1, 0.15) is 5.75 Å². The normalized spacial score (nSPS) is 10.3. The van der Waals surface area contributed by atoms with Crippen LogP contribution in [0.1, 0.15) is 24.2 Å². The molecule has 0 saturated carbocycles. The molecule has 0 aliphatic heterocycles. The first-order chi connectivity index (χ1) is 11.0. The van der Waals surface area contributed by atoms with E-state index >= 15 is 0 Å². The number of benzene rings is 2. The van der Waals surface area contributed by atoms with Gasteiger partial charge in [0.15, 0.2) is 5.11 Å². The Morgan fingerprint density at radius 3 is 2.61 bits per heavy atom. The van der Waals surface area contributed by atoms with Gasteiger partial charge in [-0.1, -0.05) is 34.1 Å². The number of carbonyl (C=O) groups is 1. The number of amides is 1. The van der Waals surface area contributed by atoms with Crippen molar-refractivity contribution in [3.63, 3.8) is 0 Å². The van der Waals surface area contributed by atoms with Crippen molar-refractivity contribution >= 4 is 44.9 Å². The topological polar surface area (TPSA) is 50.4 Å². The zero-order chi connectivity index (χ0) is 16.8. The lowest BCUT2D eigenvalue weighted by Gasteiger charge is -2.16. The second-order valence-corrected chi connectivity index (χ2v) is 6.41. The molecule has 0 heterocycles. The molecule has 0 aromatic heterocycles. The van der Waals surface area contributed by atoms with Crippen LogP contribution < -0.4 is 15.4 Å². The van der Waals surface area contributed by atoms with Crippen LogP contribution in [-0.2, 0) is 0 Å². The van der Waals surface area contributed by atoms with Crippen molar-refractivity contribution in [2.45, 2.75) is 20.0 Å². The predicted octanol–water partition coefficient (Wildman–Crippen LogP) is 4.36. The molecule has 0 bridgehead atoms. The van der Waals surface area contributed by atoms with Gasteiger partial charge in [0.2, 0.25) is 0 Å². The Bertz CT molecular complexity index is 719. The molecule has 2 rings (SSSR count). The van der Waals surface area contributed by atoms with E-state index in [0.29, 0.717) is 17.0 Å². The smallest absolute Gasteiger partial charge is 0.257 e. The SMILES string of the molecule is CC(C)Oc1ccccc1NC(=S)NC(=O)c1cccc(Br)c1. The Kier molecular flexibility index (Phi) is 6.12. The van der Waals surface area contributed by atoms with E-state index in [0.717, 1.165) is 4.47 Å². The van der Waals surface area contributed by atoms with Gasteiger partial charge in [0.05, 0.1) is 11.8 Å². The van der Waals surface area contributed by atoms with Crippen molar-refractivity contribution < 1.29 is 9.53 Å². The van der Waals surface area contributed by atoms with Crippen molar-refractivity contribution in [3.05, 3.63) is 58.6 Å². The number of carbonyl (C=O) groups excluding carboxylic acids is 1. The third-order valence-corrected chi connectivity index (χ3v) is 3.51. The molecule has 0 atom stereocenters. The molecule has 1 amide bonds. The number of hydrogen-bond acceptors (Lipinski definition) is 3. The highest BCUT2D eigenvalue weighted by Crippen LogP contribution is 2.24. The molecule has 4 nitrogen and oxygen atoms in total. The van der Waals surface area contributed by atoms with E-state index in [1.165, 1.54) is 0 Å². The summed E-state index contributed by atoms with van der Waals surface area (Å²) in [5, 5.41) is 5.87. The van der Waals surface area contributed by atoms with Crippen molar-refractivity contribution in [3.8, 4) is 5.75 Å². The summed E-state index contributed by atoms with van der Waals surface area (Å²) < 4.78 is 6.54. The summed E-state index contributed by atoms with van der Waals surface area (Å²) in [6.07, 6.45) is 0.0442. The Morgan fingerprint density at radius 2 is 1.91 bits per heavy atom. The summed E-state index contributed by atoms with van der Waals surface area (Å²) in [7, 11) is 0. The highest BCUT2D eigenvalue weighted by molar-refractivity contribution is 9.10. The summed E-state index contributed by atoms with van der Waals surface area (Å²) >= 11 is 8.55. The molecule has 0 aliphatic carbocycles. The standard InChI is InChI=1S/C17H17BrN2O2S/c1-11(2)22-15-9-4-3-8-14(15)19-17(23)20-16(21)12-6-5-7-13(18)10-12/h3-11H,1-2H3,(H2,19,20,21,23). The number of anilines is 1. The molecular formula is C17H17BrN2O2S. The van der Waals surface area contributed by atoms with Crippen molar-refractivity contribution in [2.75, 3.05) is 5.32 Å². The molecule has 0 radical (unpaired) electrons. The van der Waals surface area contributed by atoms with Crippen LogP contribution in [0.15, 0.2) is 53.0 Å². The molecule has 6 heteroatoms. The van der Waals surface area contributed by atoms with Gasteiger partial charge in [0, 0.05) is 10.0 Å². The monoisotopic (exact) mass is 392 g/mol. The first-order valence-corrected chi connectivity index (χ1v) is 8.29. The third-order valence-electron chi connectivity index (χ3n) is 2.81. The number of thiocarbonyl (C=S) groups is 1. The lowest BCUT2D eigenvalue weighted by Crippen LogP contribution is -2.34. The first kappa shape index (κ1) is 17.4. The average molecular weight is 393 g/mol. The van der Waals surface area contributed by atoms with Gasteiger partial charge in [-0.15, -0.1) is 0 Å². The minimum Gasteiger partial charge on any atom is -0.489 e. The minimum absolute atomic E-state index is 0.0442. The van der Waals surface area contributed by atoms with E-state index in [9.17, 15) is 4.79 Å². The quantitative estimate of drug-likeness (QED) is 0.758. The maximum absolute atomic E-state index is 12.2. The average Bonchev–Trinajstić information content (AvgIpc) is 2.48. The van der Waals surface area contributed by atoms with Crippen LogP contribution >= 0.6 is 28.1 Å². The summed E-state index contributed by atoms with van der Waals surface area (Å²) in [6.45, 7) is 3.90. The van der Waals surface area contributed by atoms with Crippen LogP contribution in [0.5, 0.6) is 5.75 Å². The third kappa shape index (κ3) is 5.33. The van der Waals surface area contributed by atoms with E-state index in [-0.39, 0.29) is 17.1 Å². The Morgan fingerprint density at radius 1 is 1.17 bits per heavy atom. The maximum Gasteiger partial charge on any atom is 0.257 e. The molecule has 2 aromatic carbocycles. The fourth-order valence-corrected chi connectivity index (χ4v) is 2.49. The molecule has 0 unspecified atom stereocenters. The Labute approximate surface area is 149 Å². The van der Waals surface area contributed by atoms with Crippen LogP contribution in [0.2, 0.25) is 0 Å². The van der Waals surface area contributed by atoms with Gasteiger partial charge >= 0.3 is 0 Å². The molecule has 120 valence electrons. The summed E-state index contributed by atoms with van der Waals surface area (Å²) in [6, 6.07) is 14.5. The number of hydrogen-bond donors (Lipinski definition) is 2. The number of nitrogens with one attached hydrogen (secondary N) is 2. The summed E-state index contributed by atoms with van der Waals surface area (Å²) in [5.74, 6) is 0.410. The molecule has 2 aromatic rings. The van der Waals surface area contributed by atoms with Crippen molar-refractivity contribution in [1.82, 2.24) is 5.32 Å². The second kappa shape index (κ2) is 8.08. The maximum atomic E-state index is 12.2. The van der Waals surface area contributed by atoms with Gasteiger partial charge in [-0.3, -0.25) is 10.1 Å². The van der Waals surface area contributed by atoms with Crippen molar-refractivity contribution in [1.29, 1.82) is 0 Å². The number of halogens is 1. The highest BCUT2D eigenvalue weighted by atomic mass is 79.9. The summed E-state index contributed by atoms with van der Waals surface area (Å²) in [4.78, 5) is 12.2. The molecule has 2 N–H and O–H groups in total. The number of para-hydroxylation sites is 2. The van der Waals surface area contributed by atoms with Crippen LogP contribution in [0.4, 0.5) is 5.69 Å². The zero-order valence-corrected chi connectivity index (χ0v) is 15.2. The van der Waals surface area contributed by atoms with Crippen molar-refractivity contribution in [2.24, 2.45) is 0 Å². The molecule has 0 saturated heterocycles. The van der Waals surface area contributed by atoms with E-state index in [1.807, 2.05) is 44.2 Å². The van der Waals surface area contributed by atoms with Crippen LogP contribution in [0.3, 0.4) is 0 Å². The molecule has 0 aliphatic rings. The Balaban J connectivity index is 2.04. The molecule has 0 fully saturated rings. The van der Waals surface area contributed by atoms with Gasteiger partial charge in [-0.05, 0) is 56.4 Å². The fraction of sp³-hybridized carbons (Fsp3) is 0.176. The van der Waals surface area contributed by atoms with Crippen LogP contribution in [-0.4, -0.2) is 17.1 Å². The molecule has 0 spiro atoms. The van der Waals surface area contributed by atoms with E-state index in [4.69, 9.17) is 17.0 Å². The van der Waals surface area contributed by atoms with Crippen LogP contribution in [0.25, 0.3) is 0 Å². The lowest BCUT2D eigenvalue weighted by atomic mass is 10.2. The molecule has 23 heavy (non-hydrogen) atoms. The zero-order valence-electron chi connectivity index (χ0n) is 12.8. The highest BCUT2D eigenvalue weighted by Gasteiger charge is 2.10. The van der Waals surface area contributed by atoms with Crippen LogP contribution in [0, 0.1) is 0 Å². The first-order valence-electron chi connectivity index (χ1n) is 7.09. The van der Waals surface area contributed by atoms with Gasteiger partial charge in [-0.25, -0.2) is 0 Å². The Hall–Kier alpha value is -1.92. The lowest BCUT2D eigenvalue weighted by molar-refractivity contribution is 0.0977. The van der Waals surface area contributed by atoms with E-state index < -0.39 is 0 Å². The minimum atomic E-state index is -0.272. The van der Waals surface area contributed by atoms with E-state index in [1.54, 1.807) is 18.2 Å². The summed E-state index contributed by atoms with van der Waals surface area (Å²) in [5.41, 5.74) is 1.23. The van der Waals surface area contributed by atoms with Gasteiger partial charge in [0.25, 0.3) is 5.91 Å². The largest absolute Gasteiger partial charge is 0.489 e. The predicted molar refractivity (Wildman–Crippen MR) is 100 cm³/mol. The second-order valence-electron chi connectivity index (χ2n) is 5.08. The fourth-order valence-electron chi connectivity index (χ4n) is 1.89. The number of ether oxygens (including phenoxy) is 1. The van der Waals surface area contributed by atoms with E-state index in [2.05, 4.69) is 26.6 Å². The number of rotatable bonds is 4. The van der Waals surface area contributed by atoms with Gasteiger partial charge < -0.3 is 10.1 Å². The molecular weight excluding hydrogens is 376 g/mol. The van der Waals surface area contributed by atoms with Gasteiger partial charge in [-0.2, -0.15) is 0 Å².